The minimum Gasteiger partial charge on any atom is -0.496 e. The van der Waals surface area contributed by atoms with Crippen molar-refractivity contribution in [1.29, 1.82) is 0 Å². The Morgan fingerprint density at radius 1 is 1.28 bits per heavy atom. The van der Waals surface area contributed by atoms with Crippen LogP contribution < -0.4 is 10.1 Å². The summed E-state index contributed by atoms with van der Waals surface area (Å²) in [5.41, 5.74) is 1.02. The smallest absolute Gasteiger partial charge is 0.221 e. The van der Waals surface area contributed by atoms with Crippen LogP contribution in [0.3, 0.4) is 0 Å². The SMILES string of the molecule is COc1ccccc1CNC(=O)CCN1CC(N2CCCC[C@H]2C)C1. The number of amides is 1. The molecule has 0 saturated carbocycles. The van der Waals surface area contributed by atoms with Crippen LogP contribution in [0.4, 0.5) is 0 Å². The average molecular weight is 345 g/mol. The molecular formula is C20H31N3O2. The molecule has 0 bridgehead atoms. The van der Waals surface area contributed by atoms with Gasteiger partial charge in [0.05, 0.1) is 7.11 Å². The van der Waals surface area contributed by atoms with E-state index in [0.717, 1.165) is 37.0 Å². The van der Waals surface area contributed by atoms with Gasteiger partial charge in [0.1, 0.15) is 5.75 Å². The Kier molecular flexibility index (Phi) is 6.32. The maximum absolute atomic E-state index is 12.1. The second-order valence-electron chi connectivity index (χ2n) is 7.33. The molecule has 25 heavy (non-hydrogen) atoms. The molecule has 0 spiro atoms. The number of nitrogens with one attached hydrogen (secondary N) is 1. The third kappa shape index (κ3) is 4.73. The Bertz CT molecular complexity index is 572. The lowest BCUT2D eigenvalue weighted by Crippen LogP contribution is -2.62. The second-order valence-corrected chi connectivity index (χ2v) is 7.33. The van der Waals surface area contributed by atoms with E-state index >= 15 is 0 Å². The molecule has 1 amide bonds. The molecule has 0 aromatic heterocycles. The van der Waals surface area contributed by atoms with Crippen molar-refractivity contribution >= 4 is 5.91 Å². The van der Waals surface area contributed by atoms with E-state index < -0.39 is 0 Å². The number of para-hydroxylation sites is 1. The Balaban J connectivity index is 1.34. The predicted octanol–water partition coefficient (Wildman–Crippen LogP) is 2.26. The topological polar surface area (TPSA) is 44.8 Å². The fourth-order valence-electron chi connectivity index (χ4n) is 3.99. The molecule has 5 nitrogen and oxygen atoms in total. The van der Waals surface area contributed by atoms with E-state index in [4.69, 9.17) is 4.74 Å². The largest absolute Gasteiger partial charge is 0.496 e. The monoisotopic (exact) mass is 345 g/mol. The zero-order chi connectivity index (χ0) is 17.6. The van der Waals surface area contributed by atoms with Gasteiger partial charge in [0.15, 0.2) is 0 Å². The van der Waals surface area contributed by atoms with E-state index in [9.17, 15) is 4.79 Å². The van der Waals surface area contributed by atoms with Crippen molar-refractivity contribution in [2.45, 2.75) is 51.2 Å². The number of hydrogen-bond donors (Lipinski definition) is 1. The highest BCUT2D eigenvalue weighted by molar-refractivity contribution is 5.76. The summed E-state index contributed by atoms with van der Waals surface area (Å²) in [5, 5.41) is 3.00. The number of carbonyl (C=O) groups is 1. The van der Waals surface area contributed by atoms with Crippen LogP contribution in [0.2, 0.25) is 0 Å². The van der Waals surface area contributed by atoms with Crippen molar-refractivity contribution in [3.8, 4) is 5.75 Å². The summed E-state index contributed by atoms with van der Waals surface area (Å²) in [6.45, 7) is 7.22. The van der Waals surface area contributed by atoms with E-state index in [1.807, 2.05) is 24.3 Å². The van der Waals surface area contributed by atoms with E-state index in [-0.39, 0.29) is 5.91 Å². The molecular weight excluding hydrogens is 314 g/mol. The fourth-order valence-corrected chi connectivity index (χ4v) is 3.99. The number of likely N-dealkylation sites (tertiary alicyclic amines) is 2. The van der Waals surface area contributed by atoms with Gasteiger partial charge in [-0.25, -0.2) is 0 Å². The molecule has 1 aromatic rings. The number of ether oxygens (including phenoxy) is 1. The molecule has 2 aliphatic heterocycles. The normalized spacial score (nSPS) is 22.4. The molecule has 2 saturated heterocycles. The highest BCUT2D eigenvalue weighted by atomic mass is 16.5. The predicted molar refractivity (Wildman–Crippen MR) is 99.7 cm³/mol. The highest BCUT2D eigenvalue weighted by Gasteiger charge is 2.34. The Morgan fingerprint density at radius 3 is 2.84 bits per heavy atom. The fraction of sp³-hybridized carbons (Fsp3) is 0.650. The lowest BCUT2D eigenvalue weighted by Gasteiger charge is -2.49. The van der Waals surface area contributed by atoms with Crippen LogP contribution >= 0.6 is 0 Å². The summed E-state index contributed by atoms with van der Waals surface area (Å²) in [7, 11) is 1.66. The van der Waals surface area contributed by atoms with Gasteiger partial charge in [0.25, 0.3) is 0 Å². The third-order valence-electron chi connectivity index (χ3n) is 5.58. The zero-order valence-corrected chi connectivity index (χ0v) is 15.5. The molecule has 138 valence electrons. The lowest BCUT2D eigenvalue weighted by atomic mass is 9.97. The molecule has 0 aliphatic carbocycles. The summed E-state index contributed by atoms with van der Waals surface area (Å²) in [5.74, 6) is 0.935. The highest BCUT2D eigenvalue weighted by Crippen LogP contribution is 2.24. The van der Waals surface area contributed by atoms with Gasteiger partial charge in [0.2, 0.25) is 5.91 Å². The third-order valence-corrected chi connectivity index (χ3v) is 5.58. The van der Waals surface area contributed by atoms with Gasteiger partial charge in [-0.1, -0.05) is 24.6 Å². The maximum atomic E-state index is 12.1. The van der Waals surface area contributed by atoms with E-state index in [1.165, 1.54) is 25.8 Å². The van der Waals surface area contributed by atoms with Crippen molar-refractivity contribution in [1.82, 2.24) is 15.1 Å². The number of carbonyl (C=O) groups excluding carboxylic acids is 1. The standard InChI is InChI=1S/C20H31N3O2/c1-16-7-5-6-11-23(16)18-14-22(15-18)12-10-20(24)21-13-17-8-3-4-9-19(17)25-2/h3-4,8-9,16,18H,5-7,10-15H2,1-2H3,(H,21,24)/t16-/m1/s1. The van der Waals surface area contributed by atoms with Gasteiger partial charge >= 0.3 is 0 Å². The van der Waals surface area contributed by atoms with Crippen LogP contribution in [0.5, 0.6) is 5.75 Å². The summed E-state index contributed by atoms with van der Waals surface area (Å²) in [6, 6.07) is 9.23. The van der Waals surface area contributed by atoms with E-state index in [2.05, 4.69) is 22.0 Å². The molecule has 1 N–H and O–H groups in total. The molecule has 3 rings (SSSR count). The first kappa shape index (κ1) is 18.2. The van der Waals surface area contributed by atoms with Crippen LogP contribution in [0.25, 0.3) is 0 Å². The van der Waals surface area contributed by atoms with Gasteiger partial charge in [-0.2, -0.15) is 0 Å². The van der Waals surface area contributed by atoms with Gasteiger partial charge in [-0.15, -0.1) is 0 Å². The second kappa shape index (κ2) is 8.68. The van der Waals surface area contributed by atoms with Crippen LogP contribution in [-0.4, -0.2) is 61.1 Å². The zero-order valence-electron chi connectivity index (χ0n) is 15.5. The molecule has 2 aliphatic rings. The Labute approximate surface area is 151 Å². The molecule has 2 heterocycles. The van der Waals surface area contributed by atoms with Crippen LogP contribution in [0, 0.1) is 0 Å². The Hall–Kier alpha value is -1.59. The van der Waals surface area contributed by atoms with Crippen LogP contribution in [0.1, 0.15) is 38.2 Å². The first-order valence-corrected chi connectivity index (χ1v) is 9.54. The lowest BCUT2D eigenvalue weighted by molar-refractivity contribution is -0.122. The van der Waals surface area contributed by atoms with Gasteiger partial charge < -0.3 is 10.1 Å². The van der Waals surface area contributed by atoms with Gasteiger partial charge in [0, 0.05) is 50.2 Å². The molecule has 0 radical (unpaired) electrons. The van der Waals surface area contributed by atoms with Crippen LogP contribution in [0.15, 0.2) is 24.3 Å². The van der Waals surface area contributed by atoms with E-state index in [1.54, 1.807) is 7.11 Å². The molecule has 5 heteroatoms. The van der Waals surface area contributed by atoms with Crippen molar-refractivity contribution < 1.29 is 9.53 Å². The minimum absolute atomic E-state index is 0.112. The van der Waals surface area contributed by atoms with Gasteiger partial charge in [-0.3, -0.25) is 14.6 Å². The van der Waals surface area contributed by atoms with E-state index in [0.29, 0.717) is 19.0 Å². The molecule has 2 fully saturated rings. The molecule has 1 atom stereocenters. The summed E-state index contributed by atoms with van der Waals surface area (Å²) in [4.78, 5) is 17.2. The number of methoxy groups -OCH3 is 1. The summed E-state index contributed by atoms with van der Waals surface area (Å²) < 4.78 is 5.32. The van der Waals surface area contributed by atoms with Gasteiger partial charge in [-0.05, 0) is 32.4 Å². The quantitative estimate of drug-likeness (QED) is 0.823. The molecule has 0 unspecified atom stereocenters. The first-order valence-electron chi connectivity index (χ1n) is 9.54. The average Bonchev–Trinajstić information content (AvgIpc) is 2.60. The number of piperidine rings is 1. The van der Waals surface area contributed by atoms with Crippen molar-refractivity contribution in [2.75, 3.05) is 33.3 Å². The van der Waals surface area contributed by atoms with Crippen molar-refractivity contribution in [2.24, 2.45) is 0 Å². The minimum atomic E-state index is 0.112. The number of hydrogen-bond acceptors (Lipinski definition) is 4. The molecule has 1 aromatic carbocycles. The Morgan fingerprint density at radius 2 is 2.08 bits per heavy atom. The van der Waals surface area contributed by atoms with Crippen molar-refractivity contribution in [3.63, 3.8) is 0 Å². The maximum Gasteiger partial charge on any atom is 0.221 e. The van der Waals surface area contributed by atoms with Crippen LogP contribution in [-0.2, 0) is 11.3 Å². The number of nitrogens with zero attached hydrogens (tertiary/aromatic N) is 2. The van der Waals surface area contributed by atoms with Crippen molar-refractivity contribution in [3.05, 3.63) is 29.8 Å². The number of benzene rings is 1. The summed E-state index contributed by atoms with van der Waals surface area (Å²) >= 11 is 0. The number of rotatable bonds is 7. The summed E-state index contributed by atoms with van der Waals surface area (Å²) in [6.07, 6.45) is 4.62. The first-order chi connectivity index (χ1) is 12.2.